The number of fused-ring (bicyclic) bond motifs is 1. The van der Waals surface area contributed by atoms with E-state index in [2.05, 4.69) is 9.88 Å². The third-order valence-electron chi connectivity index (χ3n) is 4.14. The summed E-state index contributed by atoms with van der Waals surface area (Å²) in [5, 5.41) is 0.536. The summed E-state index contributed by atoms with van der Waals surface area (Å²) in [5.74, 6) is -0.468. The lowest BCUT2D eigenvalue weighted by molar-refractivity contribution is 0.0986. The number of rotatable bonds is 7. The van der Waals surface area contributed by atoms with E-state index in [-0.39, 0.29) is 24.1 Å². The van der Waals surface area contributed by atoms with Crippen LogP contribution in [0.15, 0.2) is 47.4 Å². The van der Waals surface area contributed by atoms with Crippen molar-refractivity contribution in [2.24, 2.45) is 0 Å². The van der Waals surface area contributed by atoms with E-state index in [0.29, 0.717) is 22.8 Å². The number of halogens is 2. The van der Waals surface area contributed by atoms with Gasteiger partial charge < -0.3 is 4.90 Å². The first kappa shape index (κ1) is 22.6. The van der Waals surface area contributed by atoms with Crippen LogP contribution in [0.2, 0.25) is 0 Å². The molecule has 1 heterocycles. The smallest absolute Gasteiger partial charge is 0.260 e. The molecule has 0 bridgehead atoms. The molecule has 1 amide bonds. The maximum Gasteiger partial charge on any atom is 0.260 e. The molecule has 0 saturated heterocycles. The highest BCUT2D eigenvalue weighted by atomic mass is 35.5. The Labute approximate surface area is 179 Å². The van der Waals surface area contributed by atoms with Crippen LogP contribution in [-0.2, 0) is 0 Å². The predicted octanol–water partition coefficient (Wildman–Crippen LogP) is 5.18. The number of aromatic nitrogens is 1. The Bertz CT molecular complexity index is 948. The molecule has 3 rings (SSSR count). The van der Waals surface area contributed by atoms with Crippen LogP contribution >= 0.6 is 35.5 Å². The molecular formula is C20H23ClFN3OS2. The molecule has 4 nitrogen and oxygen atoms in total. The molecule has 0 unspecified atom stereocenters. The molecule has 8 heteroatoms. The third-order valence-corrected chi connectivity index (χ3v) is 5.91. The molecule has 0 atom stereocenters. The van der Waals surface area contributed by atoms with Crippen LogP contribution in [0.3, 0.4) is 0 Å². The zero-order valence-corrected chi connectivity index (χ0v) is 18.5. The highest BCUT2D eigenvalue weighted by molar-refractivity contribution is 7.98. The monoisotopic (exact) mass is 439 g/mol. The minimum atomic E-state index is -0.361. The van der Waals surface area contributed by atoms with Gasteiger partial charge in [-0.3, -0.25) is 9.69 Å². The standard InChI is InChI=1S/C20H22FN3OS2.ClH/c1-23(2)11-6-12-24(19(25)14-7-4-8-15(13-14)26-3)20-22-18-16(21)9-5-10-17(18)27-20;/h4-5,7-10,13H,6,11-12H2,1-3H3;1H. The number of nitrogens with zero attached hydrogens (tertiary/aromatic N) is 3. The van der Waals surface area contributed by atoms with E-state index in [4.69, 9.17) is 0 Å². The second-order valence-corrected chi connectivity index (χ2v) is 8.32. The summed E-state index contributed by atoms with van der Waals surface area (Å²) in [5.41, 5.74) is 0.937. The van der Waals surface area contributed by atoms with Gasteiger partial charge in [-0.05, 0) is 63.6 Å². The molecule has 0 aliphatic rings. The summed E-state index contributed by atoms with van der Waals surface area (Å²) in [6.07, 6.45) is 2.79. The highest BCUT2D eigenvalue weighted by Gasteiger charge is 2.22. The molecule has 0 aliphatic heterocycles. The van der Waals surface area contributed by atoms with E-state index in [1.807, 2.05) is 50.7 Å². The SMILES string of the molecule is CSc1cccc(C(=O)N(CCCN(C)C)c2nc3c(F)cccc3s2)c1.Cl. The number of thioether (sulfide) groups is 1. The van der Waals surface area contributed by atoms with E-state index in [0.717, 1.165) is 22.6 Å². The Morgan fingerprint density at radius 2 is 1.93 bits per heavy atom. The summed E-state index contributed by atoms with van der Waals surface area (Å²) in [4.78, 5) is 22.4. The van der Waals surface area contributed by atoms with Crippen molar-refractivity contribution in [3.63, 3.8) is 0 Å². The highest BCUT2D eigenvalue weighted by Crippen LogP contribution is 2.31. The van der Waals surface area contributed by atoms with Gasteiger partial charge in [-0.2, -0.15) is 0 Å². The Kier molecular flexibility index (Phi) is 8.24. The van der Waals surface area contributed by atoms with Crippen LogP contribution in [0.5, 0.6) is 0 Å². The summed E-state index contributed by atoms with van der Waals surface area (Å²) in [7, 11) is 4.00. The molecule has 0 aliphatic carbocycles. The number of benzene rings is 2. The van der Waals surface area contributed by atoms with E-state index < -0.39 is 0 Å². The summed E-state index contributed by atoms with van der Waals surface area (Å²) < 4.78 is 14.8. The Morgan fingerprint density at radius 1 is 1.18 bits per heavy atom. The third kappa shape index (κ3) is 5.23. The maximum atomic E-state index is 14.1. The molecule has 0 radical (unpaired) electrons. The minimum absolute atomic E-state index is 0. The van der Waals surface area contributed by atoms with Crippen molar-refractivity contribution < 1.29 is 9.18 Å². The van der Waals surface area contributed by atoms with Crippen molar-refractivity contribution in [1.29, 1.82) is 0 Å². The van der Waals surface area contributed by atoms with Gasteiger partial charge in [-0.25, -0.2) is 9.37 Å². The quantitative estimate of drug-likeness (QED) is 0.475. The zero-order chi connectivity index (χ0) is 19.4. The summed E-state index contributed by atoms with van der Waals surface area (Å²) in [6.45, 7) is 1.38. The van der Waals surface area contributed by atoms with Gasteiger partial charge >= 0.3 is 0 Å². The lowest BCUT2D eigenvalue weighted by atomic mass is 10.2. The summed E-state index contributed by atoms with van der Waals surface area (Å²) in [6, 6.07) is 12.5. The second kappa shape index (κ2) is 10.2. The molecule has 1 aromatic heterocycles. The van der Waals surface area contributed by atoms with Crippen LogP contribution in [0.25, 0.3) is 10.2 Å². The lowest BCUT2D eigenvalue weighted by Gasteiger charge is -2.21. The number of anilines is 1. The average Bonchev–Trinajstić information content (AvgIpc) is 3.10. The van der Waals surface area contributed by atoms with Crippen LogP contribution in [-0.4, -0.2) is 49.2 Å². The van der Waals surface area contributed by atoms with Crippen molar-refractivity contribution in [2.45, 2.75) is 11.3 Å². The number of thiazole rings is 1. The largest absolute Gasteiger partial charge is 0.309 e. The predicted molar refractivity (Wildman–Crippen MR) is 120 cm³/mol. The fourth-order valence-corrected chi connectivity index (χ4v) is 4.22. The Hall–Kier alpha value is -1.67. The number of hydrogen-bond acceptors (Lipinski definition) is 5. The number of carbonyl (C=O) groups excluding carboxylic acids is 1. The van der Waals surface area contributed by atoms with Gasteiger partial charge in [0.15, 0.2) is 5.13 Å². The van der Waals surface area contributed by atoms with Gasteiger partial charge in [-0.1, -0.05) is 23.5 Å². The van der Waals surface area contributed by atoms with Crippen molar-refractivity contribution in [1.82, 2.24) is 9.88 Å². The van der Waals surface area contributed by atoms with Crippen molar-refractivity contribution in [3.05, 3.63) is 53.8 Å². The van der Waals surface area contributed by atoms with E-state index in [1.165, 1.54) is 17.4 Å². The maximum absolute atomic E-state index is 14.1. The molecule has 3 aromatic rings. The van der Waals surface area contributed by atoms with Crippen LogP contribution < -0.4 is 4.90 Å². The first-order valence-electron chi connectivity index (χ1n) is 8.65. The molecule has 0 fully saturated rings. The number of carbonyl (C=O) groups is 1. The molecule has 150 valence electrons. The van der Waals surface area contributed by atoms with E-state index in [9.17, 15) is 9.18 Å². The fourth-order valence-electron chi connectivity index (χ4n) is 2.76. The topological polar surface area (TPSA) is 36.4 Å². The van der Waals surface area contributed by atoms with Gasteiger partial charge in [-0.15, -0.1) is 24.2 Å². The average molecular weight is 440 g/mol. The van der Waals surface area contributed by atoms with Crippen LogP contribution in [0.4, 0.5) is 9.52 Å². The van der Waals surface area contributed by atoms with Gasteiger partial charge in [0.2, 0.25) is 0 Å². The van der Waals surface area contributed by atoms with E-state index in [1.54, 1.807) is 22.7 Å². The van der Waals surface area contributed by atoms with Crippen LogP contribution in [0.1, 0.15) is 16.8 Å². The van der Waals surface area contributed by atoms with Crippen molar-refractivity contribution in [3.8, 4) is 0 Å². The molecule has 0 spiro atoms. The minimum Gasteiger partial charge on any atom is -0.309 e. The van der Waals surface area contributed by atoms with Gasteiger partial charge in [0.1, 0.15) is 11.3 Å². The van der Waals surface area contributed by atoms with Crippen molar-refractivity contribution >= 4 is 56.8 Å². The Balaban J connectivity index is 0.00000280. The summed E-state index contributed by atoms with van der Waals surface area (Å²) >= 11 is 2.94. The number of para-hydroxylation sites is 1. The Morgan fingerprint density at radius 3 is 2.61 bits per heavy atom. The molecule has 0 saturated carbocycles. The van der Waals surface area contributed by atoms with Gasteiger partial charge in [0.05, 0.1) is 4.70 Å². The molecule has 2 aromatic carbocycles. The van der Waals surface area contributed by atoms with Gasteiger partial charge in [0, 0.05) is 17.0 Å². The van der Waals surface area contributed by atoms with Gasteiger partial charge in [0.25, 0.3) is 5.91 Å². The lowest BCUT2D eigenvalue weighted by Crippen LogP contribution is -2.33. The van der Waals surface area contributed by atoms with Crippen LogP contribution in [0, 0.1) is 5.82 Å². The normalized spacial score (nSPS) is 10.9. The van der Waals surface area contributed by atoms with Crippen molar-refractivity contribution in [2.75, 3.05) is 38.3 Å². The molecule has 0 N–H and O–H groups in total. The number of amides is 1. The number of hydrogen-bond donors (Lipinski definition) is 0. The second-order valence-electron chi connectivity index (χ2n) is 6.43. The zero-order valence-electron chi connectivity index (χ0n) is 16.0. The first-order valence-corrected chi connectivity index (χ1v) is 10.7. The first-order chi connectivity index (χ1) is 13.0. The molecule has 28 heavy (non-hydrogen) atoms. The van der Waals surface area contributed by atoms with E-state index >= 15 is 0 Å². The fraction of sp³-hybridized carbons (Fsp3) is 0.300. The molecular weight excluding hydrogens is 417 g/mol.